The largest absolute Gasteiger partial charge is 0.486 e. The Morgan fingerprint density at radius 1 is 1.00 bits per heavy atom. The molecule has 26 heavy (non-hydrogen) atoms. The van der Waals surface area contributed by atoms with E-state index in [0.29, 0.717) is 36.2 Å². The minimum Gasteiger partial charge on any atom is -0.486 e. The highest BCUT2D eigenvalue weighted by Gasteiger charge is 2.16. The summed E-state index contributed by atoms with van der Waals surface area (Å²) in [5.41, 5.74) is 2.45. The zero-order valence-electron chi connectivity index (χ0n) is 15.1. The van der Waals surface area contributed by atoms with Crippen LogP contribution in [0.25, 0.3) is 0 Å². The summed E-state index contributed by atoms with van der Waals surface area (Å²) < 4.78 is 10.9. The Hall–Kier alpha value is -2.82. The van der Waals surface area contributed by atoms with Crippen molar-refractivity contribution in [1.29, 1.82) is 0 Å². The molecule has 2 aromatic rings. The van der Waals surface area contributed by atoms with Crippen LogP contribution in [0.15, 0.2) is 42.5 Å². The van der Waals surface area contributed by atoms with Crippen molar-refractivity contribution in [3.8, 4) is 11.5 Å². The number of ketones is 1. The number of nitrogens with one attached hydrogen (secondary N) is 1. The summed E-state index contributed by atoms with van der Waals surface area (Å²) in [6.45, 7) is 5.20. The molecule has 0 saturated heterocycles. The molecule has 0 fully saturated rings. The Balaban J connectivity index is 1.56. The Bertz CT molecular complexity index is 813. The van der Waals surface area contributed by atoms with Crippen molar-refractivity contribution in [3.05, 3.63) is 53.6 Å². The molecule has 1 N–H and O–H groups in total. The van der Waals surface area contributed by atoms with E-state index in [1.807, 2.05) is 24.3 Å². The van der Waals surface area contributed by atoms with Crippen molar-refractivity contribution in [3.63, 3.8) is 0 Å². The van der Waals surface area contributed by atoms with Crippen LogP contribution in [-0.4, -0.2) is 24.9 Å². The number of hydrogen-bond donors (Lipinski definition) is 1. The number of anilines is 1. The second-order valence-electron chi connectivity index (χ2n) is 6.61. The lowest BCUT2D eigenvalue weighted by Gasteiger charge is -2.18. The number of carbonyl (C=O) groups excluding carboxylic acids is 2. The van der Waals surface area contributed by atoms with E-state index in [4.69, 9.17) is 9.47 Å². The van der Waals surface area contributed by atoms with Crippen molar-refractivity contribution in [2.24, 2.45) is 0 Å². The number of ether oxygens (including phenoxy) is 2. The van der Waals surface area contributed by atoms with E-state index >= 15 is 0 Å². The van der Waals surface area contributed by atoms with Crippen molar-refractivity contribution in [2.75, 3.05) is 18.5 Å². The van der Waals surface area contributed by atoms with E-state index in [1.54, 1.807) is 18.2 Å². The molecule has 1 aliphatic heterocycles. The van der Waals surface area contributed by atoms with E-state index < -0.39 is 0 Å². The first-order valence-corrected chi connectivity index (χ1v) is 8.85. The molecule has 5 heteroatoms. The van der Waals surface area contributed by atoms with Gasteiger partial charge in [0.25, 0.3) is 0 Å². The first-order chi connectivity index (χ1) is 12.5. The molecular formula is C21H23NO4. The Morgan fingerprint density at radius 3 is 2.54 bits per heavy atom. The zero-order chi connectivity index (χ0) is 18.5. The van der Waals surface area contributed by atoms with Gasteiger partial charge in [-0.05, 0) is 41.8 Å². The molecule has 0 aromatic heterocycles. The Kier molecular flexibility index (Phi) is 5.56. The summed E-state index contributed by atoms with van der Waals surface area (Å²) in [6, 6.07) is 12.9. The van der Waals surface area contributed by atoms with Gasteiger partial charge in [0.1, 0.15) is 13.2 Å². The molecule has 0 saturated carbocycles. The first kappa shape index (κ1) is 18.0. The van der Waals surface area contributed by atoms with Crippen LogP contribution in [0.2, 0.25) is 0 Å². The van der Waals surface area contributed by atoms with Crippen molar-refractivity contribution < 1.29 is 19.1 Å². The minimum absolute atomic E-state index is 0.0898. The predicted molar refractivity (Wildman–Crippen MR) is 100 cm³/mol. The lowest BCUT2D eigenvalue weighted by molar-refractivity contribution is -0.116. The highest BCUT2D eigenvalue weighted by molar-refractivity contribution is 6.00. The van der Waals surface area contributed by atoms with Gasteiger partial charge < -0.3 is 14.8 Å². The molecule has 1 heterocycles. The van der Waals surface area contributed by atoms with Crippen molar-refractivity contribution in [2.45, 2.75) is 32.6 Å². The number of amides is 1. The molecule has 5 nitrogen and oxygen atoms in total. The fourth-order valence-electron chi connectivity index (χ4n) is 2.79. The lowest BCUT2D eigenvalue weighted by atomic mass is 10.0. The monoisotopic (exact) mass is 353 g/mol. The van der Waals surface area contributed by atoms with Gasteiger partial charge in [-0.1, -0.05) is 26.0 Å². The van der Waals surface area contributed by atoms with Crippen molar-refractivity contribution >= 4 is 17.4 Å². The summed E-state index contributed by atoms with van der Waals surface area (Å²) in [4.78, 5) is 24.5. The molecule has 0 unspecified atom stereocenters. The molecule has 0 radical (unpaired) electrons. The Morgan fingerprint density at radius 2 is 1.77 bits per heavy atom. The summed E-state index contributed by atoms with van der Waals surface area (Å²) in [5.74, 6) is 1.36. The molecule has 0 spiro atoms. The van der Waals surface area contributed by atoms with Crippen LogP contribution in [0.4, 0.5) is 5.69 Å². The standard InChI is InChI=1S/C21H23NO4/c1-14(2)15-4-3-5-17(12-15)22-21(24)9-7-18(23)16-6-8-19-20(13-16)26-11-10-25-19/h3-6,8,12-14H,7,9-11H2,1-2H3,(H,22,24). The molecule has 2 aromatic carbocycles. The summed E-state index contributed by atoms with van der Waals surface area (Å²) in [5, 5.41) is 2.86. The topological polar surface area (TPSA) is 64.6 Å². The predicted octanol–water partition coefficient (Wildman–Crippen LogP) is 4.18. The fraction of sp³-hybridized carbons (Fsp3) is 0.333. The van der Waals surface area contributed by atoms with Crippen molar-refractivity contribution in [1.82, 2.24) is 0 Å². The third-order valence-corrected chi connectivity index (χ3v) is 4.28. The van der Waals surface area contributed by atoms with Gasteiger partial charge in [0.05, 0.1) is 0 Å². The number of fused-ring (bicyclic) bond motifs is 1. The molecule has 1 amide bonds. The number of benzene rings is 2. The van der Waals surface area contributed by atoms with E-state index in [-0.39, 0.29) is 24.5 Å². The van der Waals surface area contributed by atoms with Gasteiger partial charge in [-0.15, -0.1) is 0 Å². The fourth-order valence-corrected chi connectivity index (χ4v) is 2.79. The van der Waals surface area contributed by atoms with Crippen LogP contribution in [-0.2, 0) is 4.79 Å². The van der Waals surface area contributed by atoms with Gasteiger partial charge in [0, 0.05) is 24.1 Å². The van der Waals surface area contributed by atoms with E-state index in [9.17, 15) is 9.59 Å². The van der Waals surface area contributed by atoms with Crippen LogP contribution in [0.1, 0.15) is 48.5 Å². The second kappa shape index (κ2) is 8.04. The summed E-state index contributed by atoms with van der Waals surface area (Å²) >= 11 is 0. The third kappa shape index (κ3) is 4.42. The minimum atomic E-state index is -0.170. The average molecular weight is 353 g/mol. The normalized spacial score (nSPS) is 12.7. The number of rotatable bonds is 6. The maximum Gasteiger partial charge on any atom is 0.224 e. The maximum atomic E-state index is 12.4. The molecule has 1 aliphatic rings. The van der Waals surface area contributed by atoms with Gasteiger partial charge >= 0.3 is 0 Å². The van der Waals surface area contributed by atoms with Crippen LogP contribution in [0, 0.1) is 0 Å². The molecule has 3 rings (SSSR count). The van der Waals surface area contributed by atoms with Gasteiger partial charge in [-0.25, -0.2) is 0 Å². The third-order valence-electron chi connectivity index (χ3n) is 4.28. The van der Waals surface area contributed by atoms with E-state index in [1.165, 1.54) is 0 Å². The van der Waals surface area contributed by atoms with Crippen LogP contribution < -0.4 is 14.8 Å². The van der Waals surface area contributed by atoms with Gasteiger partial charge in [0.2, 0.25) is 5.91 Å². The SMILES string of the molecule is CC(C)c1cccc(NC(=O)CCC(=O)c2ccc3c(c2)OCCO3)c1. The molecular weight excluding hydrogens is 330 g/mol. The zero-order valence-corrected chi connectivity index (χ0v) is 15.1. The number of Topliss-reactive ketones (excluding diaryl/α,β-unsaturated/α-hetero) is 1. The number of hydrogen-bond acceptors (Lipinski definition) is 4. The average Bonchev–Trinajstić information content (AvgIpc) is 2.66. The number of carbonyl (C=O) groups is 2. The second-order valence-corrected chi connectivity index (χ2v) is 6.61. The van der Waals surface area contributed by atoms with Gasteiger partial charge in [0.15, 0.2) is 17.3 Å². The Labute approximate surface area is 153 Å². The highest BCUT2D eigenvalue weighted by Crippen LogP contribution is 2.31. The highest BCUT2D eigenvalue weighted by atomic mass is 16.6. The summed E-state index contributed by atoms with van der Waals surface area (Å²) in [7, 11) is 0. The molecule has 0 bridgehead atoms. The lowest BCUT2D eigenvalue weighted by Crippen LogP contribution is -2.16. The van der Waals surface area contributed by atoms with E-state index in [0.717, 1.165) is 11.3 Å². The van der Waals surface area contributed by atoms with Crippen LogP contribution in [0.3, 0.4) is 0 Å². The molecule has 136 valence electrons. The van der Waals surface area contributed by atoms with Crippen LogP contribution in [0.5, 0.6) is 11.5 Å². The van der Waals surface area contributed by atoms with Gasteiger partial charge in [-0.2, -0.15) is 0 Å². The smallest absolute Gasteiger partial charge is 0.224 e. The summed E-state index contributed by atoms with van der Waals surface area (Å²) in [6.07, 6.45) is 0.286. The van der Waals surface area contributed by atoms with E-state index in [2.05, 4.69) is 19.2 Å². The molecule has 0 atom stereocenters. The quantitative estimate of drug-likeness (QED) is 0.791. The molecule has 0 aliphatic carbocycles. The van der Waals surface area contributed by atoms with Crippen LogP contribution >= 0.6 is 0 Å². The first-order valence-electron chi connectivity index (χ1n) is 8.85. The maximum absolute atomic E-state index is 12.4. The van der Waals surface area contributed by atoms with Gasteiger partial charge in [-0.3, -0.25) is 9.59 Å².